The van der Waals surface area contributed by atoms with Gasteiger partial charge in [0.15, 0.2) is 0 Å². The molecule has 0 unspecified atom stereocenters. The molecule has 21 heavy (non-hydrogen) atoms. The summed E-state index contributed by atoms with van der Waals surface area (Å²) in [5.41, 5.74) is 0.607. The molecule has 2 rings (SSSR count). The number of hydrogen-bond donors (Lipinski definition) is 0. The molecule has 1 saturated heterocycles. The Morgan fingerprint density at radius 3 is 2.43 bits per heavy atom. The van der Waals surface area contributed by atoms with Gasteiger partial charge in [-0.15, -0.1) is 0 Å². The van der Waals surface area contributed by atoms with E-state index in [1.807, 2.05) is 39.0 Å². The minimum Gasteiger partial charge on any atom is -0.444 e. The van der Waals surface area contributed by atoms with Crippen LogP contribution in [0.25, 0.3) is 0 Å². The highest BCUT2D eigenvalue weighted by Gasteiger charge is 2.26. The molecule has 116 valence electrons. The number of hydrogen-bond acceptors (Lipinski definition) is 3. The molecule has 0 bridgehead atoms. The number of halogens is 2. The number of nitrogens with zero attached hydrogens (tertiary/aromatic N) is 2. The molecule has 1 fully saturated rings. The fraction of sp³-hybridized carbons (Fsp3) is 0.533. The van der Waals surface area contributed by atoms with Crippen LogP contribution in [-0.4, -0.2) is 42.8 Å². The van der Waals surface area contributed by atoms with Gasteiger partial charge in [-0.25, -0.2) is 4.79 Å². The van der Waals surface area contributed by atoms with Gasteiger partial charge in [-0.3, -0.25) is 0 Å². The van der Waals surface area contributed by atoms with Crippen molar-refractivity contribution in [2.75, 3.05) is 31.1 Å². The van der Waals surface area contributed by atoms with Gasteiger partial charge in [-0.2, -0.15) is 0 Å². The number of carbonyl (C=O) groups excluding carboxylic acids is 1. The van der Waals surface area contributed by atoms with Crippen LogP contribution >= 0.6 is 27.5 Å². The van der Waals surface area contributed by atoms with Gasteiger partial charge in [-0.1, -0.05) is 11.6 Å². The summed E-state index contributed by atoms with van der Waals surface area (Å²) >= 11 is 9.60. The zero-order valence-electron chi connectivity index (χ0n) is 12.5. The molecule has 6 heteroatoms. The lowest BCUT2D eigenvalue weighted by molar-refractivity contribution is 0.0240. The molecule has 1 aromatic rings. The van der Waals surface area contributed by atoms with Gasteiger partial charge in [0, 0.05) is 35.7 Å². The molecular formula is C15H20BrClN2O2. The zero-order chi connectivity index (χ0) is 15.6. The predicted octanol–water partition coefficient (Wildman–Crippen LogP) is 4.16. The maximum absolute atomic E-state index is 12.0. The van der Waals surface area contributed by atoms with E-state index in [4.69, 9.17) is 16.3 Å². The van der Waals surface area contributed by atoms with Gasteiger partial charge in [-0.05, 0) is 54.9 Å². The SMILES string of the molecule is CC(C)(C)OC(=O)N1CCN(c2cc(Cl)ccc2Br)CC1. The normalized spacial score (nSPS) is 16.0. The highest BCUT2D eigenvalue weighted by molar-refractivity contribution is 9.10. The van der Waals surface area contributed by atoms with E-state index in [0.717, 1.165) is 23.2 Å². The standard InChI is InChI=1S/C15H20BrClN2O2/c1-15(2,3)21-14(20)19-8-6-18(7-9-19)13-10-11(17)4-5-12(13)16/h4-5,10H,6-9H2,1-3H3. The van der Waals surface area contributed by atoms with Gasteiger partial charge >= 0.3 is 6.09 Å². The van der Waals surface area contributed by atoms with E-state index < -0.39 is 5.60 Å². The summed E-state index contributed by atoms with van der Waals surface area (Å²) in [6.07, 6.45) is -0.243. The van der Waals surface area contributed by atoms with E-state index >= 15 is 0 Å². The number of piperazine rings is 1. The highest BCUT2D eigenvalue weighted by Crippen LogP contribution is 2.30. The molecular weight excluding hydrogens is 356 g/mol. The van der Waals surface area contributed by atoms with Crippen molar-refractivity contribution >= 4 is 39.3 Å². The number of benzene rings is 1. The van der Waals surface area contributed by atoms with Crippen LogP contribution < -0.4 is 4.90 Å². The molecule has 0 spiro atoms. The molecule has 0 saturated carbocycles. The molecule has 1 aromatic carbocycles. The Hall–Kier alpha value is -0.940. The molecule has 1 heterocycles. The molecule has 0 radical (unpaired) electrons. The van der Waals surface area contributed by atoms with Gasteiger partial charge < -0.3 is 14.5 Å². The Kier molecular flexibility index (Phi) is 5.04. The Morgan fingerprint density at radius 2 is 1.86 bits per heavy atom. The average Bonchev–Trinajstić information content (AvgIpc) is 2.40. The van der Waals surface area contributed by atoms with Crippen LogP contribution in [-0.2, 0) is 4.74 Å². The molecule has 1 amide bonds. The predicted molar refractivity (Wildman–Crippen MR) is 89.2 cm³/mol. The maximum atomic E-state index is 12.0. The van der Waals surface area contributed by atoms with Crippen LogP contribution in [0.15, 0.2) is 22.7 Å². The Balaban J connectivity index is 1.97. The Bertz CT molecular complexity index is 523. The molecule has 0 atom stereocenters. The van der Waals surface area contributed by atoms with Crippen LogP contribution in [0.2, 0.25) is 5.02 Å². The van der Waals surface area contributed by atoms with Crippen LogP contribution in [0.4, 0.5) is 10.5 Å². The number of carbonyl (C=O) groups is 1. The van der Waals surface area contributed by atoms with Crippen LogP contribution in [0.3, 0.4) is 0 Å². The molecule has 0 aliphatic carbocycles. The van der Waals surface area contributed by atoms with Crippen molar-refractivity contribution in [3.8, 4) is 0 Å². The van der Waals surface area contributed by atoms with E-state index in [9.17, 15) is 4.79 Å². The lowest BCUT2D eigenvalue weighted by atomic mass is 10.2. The zero-order valence-corrected chi connectivity index (χ0v) is 14.9. The third kappa shape index (κ3) is 4.51. The Morgan fingerprint density at radius 1 is 1.24 bits per heavy atom. The summed E-state index contributed by atoms with van der Waals surface area (Å²) in [5, 5.41) is 0.711. The Labute approximate surface area is 139 Å². The van der Waals surface area contributed by atoms with Gasteiger partial charge in [0.2, 0.25) is 0 Å². The monoisotopic (exact) mass is 374 g/mol. The van der Waals surface area contributed by atoms with Crippen molar-refractivity contribution < 1.29 is 9.53 Å². The molecule has 4 nitrogen and oxygen atoms in total. The number of ether oxygens (including phenoxy) is 1. The van der Waals surface area contributed by atoms with E-state index in [2.05, 4.69) is 20.8 Å². The van der Waals surface area contributed by atoms with Crippen molar-refractivity contribution in [2.24, 2.45) is 0 Å². The minimum atomic E-state index is -0.454. The van der Waals surface area contributed by atoms with Gasteiger partial charge in [0.05, 0.1) is 5.69 Å². The first-order chi connectivity index (χ1) is 9.76. The molecule has 0 N–H and O–H groups in total. The summed E-state index contributed by atoms with van der Waals surface area (Å²) in [6.45, 7) is 8.46. The van der Waals surface area contributed by atoms with E-state index in [1.54, 1.807) is 4.90 Å². The van der Waals surface area contributed by atoms with Crippen molar-refractivity contribution in [3.05, 3.63) is 27.7 Å². The lowest BCUT2D eigenvalue weighted by Gasteiger charge is -2.37. The lowest BCUT2D eigenvalue weighted by Crippen LogP contribution is -2.50. The largest absolute Gasteiger partial charge is 0.444 e. The van der Waals surface area contributed by atoms with Crippen molar-refractivity contribution in [1.29, 1.82) is 0 Å². The second-order valence-electron chi connectivity index (χ2n) is 6.05. The quantitative estimate of drug-likeness (QED) is 0.739. The van der Waals surface area contributed by atoms with E-state index in [1.165, 1.54) is 0 Å². The first-order valence-corrected chi connectivity index (χ1v) is 8.11. The van der Waals surface area contributed by atoms with E-state index in [0.29, 0.717) is 18.1 Å². The van der Waals surface area contributed by atoms with Gasteiger partial charge in [0.1, 0.15) is 5.60 Å². The van der Waals surface area contributed by atoms with Crippen molar-refractivity contribution in [1.82, 2.24) is 4.90 Å². The number of amides is 1. The smallest absolute Gasteiger partial charge is 0.410 e. The molecule has 0 aromatic heterocycles. The van der Waals surface area contributed by atoms with Crippen molar-refractivity contribution in [3.63, 3.8) is 0 Å². The topological polar surface area (TPSA) is 32.8 Å². The summed E-state index contributed by atoms with van der Waals surface area (Å²) in [5.74, 6) is 0. The highest BCUT2D eigenvalue weighted by atomic mass is 79.9. The minimum absolute atomic E-state index is 0.243. The van der Waals surface area contributed by atoms with Crippen LogP contribution in [0.1, 0.15) is 20.8 Å². The third-order valence-electron chi connectivity index (χ3n) is 3.18. The summed E-state index contributed by atoms with van der Waals surface area (Å²) in [7, 11) is 0. The first-order valence-electron chi connectivity index (χ1n) is 6.94. The second-order valence-corrected chi connectivity index (χ2v) is 7.34. The summed E-state index contributed by atoms with van der Waals surface area (Å²) in [4.78, 5) is 16.0. The average molecular weight is 376 g/mol. The van der Waals surface area contributed by atoms with E-state index in [-0.39, 0.29) is 6.09 Å². The van der Waals surface area contributed by atoms with Crippen LogP contribution in [0.5, 0.6) is 0 Å². The number of rotatable bonds is 1. The van der Waals surface area contributed by atoms with Crippen molar-refractivity contribution in [2.45, 2.75) is 26.4 Å². The summed E-state index contributed by atoms with van der Waals surface area (Å²) in [6, 6.07) is 5.73. The molecule has 1 aliphatic heterocycles. The fourth-order valence-corrected chi connectivity index (χ4v) is 2.85. The van der Waals surface area contributed by atoms with Gasteiger partial charge in [0.25, 0.3) is 0 Å². The summed E-state index contributed by atoms with van der Waals surface area (Å²) < 4.78 is 6.41. The number of anilines is 1. The third-order valence-corrected chi connectivity index (χ3v) is 4.09. The second kappa shape index (κ2) is 6.44. The molecule has 1 aliphatic rings. The van der Waals surface area contributed by atoms with Crippen LogP contribution in [0, 0.1) is 0 Å². The maximum Gasteiger partial charge on any atom is 0.410 e. The fourth-order valence-electron chi connectivity index (χ4n) is 2.18. The first kappa shape index (κ1) is 16.4.